The summed E-state index contributed by atoms with van der Waals surface area (Å²) >= 11 is 0. The van der Waals surface area contributed by atoms with Crippen LogP contribution in [0.1, 0.15) is 80.6 Å². The monoisotopic (exact) mass is 428 g/mol. The van der Waals surface area contributed by atoms with Gasteiger partial charge in [0, 0.05) is 18.3 Å². The maximum Gasteiger partial charge on any atom is 0.183 e. The van der Waals surface area contributed by atoms with Gasteiger partial charge in [-0.25, -0.2) is 0 Å². The van der Waals surface area contributed by atoms with Crippen molar-refractivity contribution in [2.24, 2.45) is 28.6 Å². The zero-order chi connectivity index (χ0) is 23.1. The van der Waals surface area contributed by atoms with E-state index in [-0.39, 0.29) is 41.3 Å². The normalized spacial score (nSPS) is 43.6. The van der Waals surface area contributed by atoms with Crippen LogP contribution in [0.3, 0.4) is 0 Å². The van der Waals surface area contributed by atoms with Crippen LogP contribution in [0.25, 0.3) is 0 Å². The summed E-state index contributed by atoms with van der Waals surface area (Å²) in [4.78, 5) is 41.3. The Morgan fingerprint density at radius 3 is 2.42 bits per heavy atom. The van der Waals surface area contributed by atoms with Crippen molar-refractivity contribution < 1.29 is 24.2 Å². The number of ketones is 3. The fourth-order valence-electron chi connectivity index (χ4n) is 6.84. The Balaban J connectivity index is 1.96. The van der Waals surface area contributed by atoms with Gasteiger partial charge >= 0.3 is 0 Å². The first-order valence-corrected chi connectivity index (χ1v) is 11.6. The molecule has 5 nitrogen and oxygen atoms in total. The van der Waals surface area contributed by atoms with E-state index in [1.165, 1.54) is 0 Å². The second-order valence-corrected chi connectivity index (χ2v) is 11.7. The molecule has 0 unspecified atom stereocenters. The van der Waals surface area contributed by atoms with Gasteiger partial charge in [0.2, 0.25) is 0 Å². The van der Waals surface area contributed by atoms with Gasteiger partial charge in [-0.15, -0.1) is 0 Å². The van der Waals surface area contributed by atoms with Crippen molar-refractivity contribution in [3.63, 3.8) is 0 Å². The number of carbonyl (C=O) groups excluding carboxylic acids is 3. The molecule has 2 bridgehead atoms. The number of fused-ring (bicyclic) bond motifs is 3. The van der Waals surface area contributed by atoms with E-state index in [1.807, 2.05) is 33.8 Å². The van der Waals surface area contributed by atoms with Crippen LogP contribution < -0.4 is 0 Å². The van der Waals surface area contributed by atoms with Gasteiger partial charge in [-0.05, 0) is 66.2 Å². The average molecular weight is 429 g/mol. The van der Waals surface area contributed by atoms with Crippen LogP contribution >= 0.6 is 0 Å². The van der Waals surface area contributed by atoms with Crippen molar-refractivity contribution in [2.75, 3.05) is 0 Å². The lowest BCUT2D eigenvalue weighted by molar-refractivity contribution is -0.149. The van der Waals surface area contributed by atoms with E-state index in [2.05, 4.69) is 0 Å². The van der Waals surface area contributed by atoms with Gasteiger partial charge in [-0.3, -0.25) is 14.4 Å². The lowest BCUT2D eigenvalue weighted by Crippen LogP contribution is -2.56. The van der Waals surface area contributed by atoms with Gasteiger partial charge < -0.3 is 9.84 Å². The highest BCUT2D eigenvalue weighted by atomic mass is 16.5. The van der Waals surface area contributed by atoms with Crippen molar-refractivity contribution in [1.29, 1.82) is 0 Å². The minimum absolute atomic E-state index is 0.0935. The predicted octanol–water partition coefficient (Wildman–Crippen LogP) is 4.33. The molecule has 5 heteroatoms. The minimum Gasteiger partial charge on any atom is -0.490 e. The Bertz CT molecular complexity index is 933. The van der Waals surface area contributed by atoms with E-state index in [0.29, 0.717) is 25.0 Å². The molecular weight excluding hydrogens is 392 g/mol. The first-order chi connectivity index (χ1) is 14.2. The number of allylic oxidation sites excluding steroid dienone is 4. The first kappa shape index (κ1) is 22.4. The molecule has 170 valence electrons. The number of aliphatic hydroxyl groups is 1. The molecule has 0 amide bonds. The van der Waals surface area contributed by atoms with E-state index < -0.39 is 27.8 Å². The highest BCUT2D eigenvalue weighted by Gasteiger charge is 2.73. The molecular formula is C26H36O5. The van der Waals surface area contributed by atoms with Gasteiger partial charge in [-0.1, -0.05) is 25.5 Å². The summed E-state index contributed by atoms with van der Waals surface area (Å²) in [6.45, 7) is 13.0. The van der Waals surface area contributed by atoms with E-state index in [1.54, 1.807) is 20.8 Å². The minimum atomic E-state index is -1.30. The zero-order valence-electron chi connectivity index (χ0n) is 19.9. The zero-order valence-corrected chi connectivity index (χ0v) is 19.9. The largest absolute Gasteiger partial charge is 0.490 e. The summed E-state index contributed by atoms with van der Waals surface area (Å²) in [5.74, 6) is -0.835. The smallest absolute Gasteiger partial charge is 0.183 e. The van der Waals surface area contributed by atoms with E-state index >= 15 is 0 Å². The summed E-state index contributed by atoms with van der Waals surface area (Å²) in [5.41, 5.74) is -2.71. The Kier molecular flexibility index (Phi) is 4.80. The molecule has 1 saturated heterocycles. The van der Waals surface area contributed by atoms with Crippen molar-refractivity contribution in [2.45, 2.75) is 91.8 Å². The molecule has 2 saturated carbocycles. The molecule has 3 aliphatic carbocycles. The Morgan fingerprint density at radius 1 is 1.19 bits per heavy atom. The molecule has 0 aromatic rings. The van der Waals surface area contributed by atoms with Crippen LogP contribution in [0.5, 0.6) is 0 Å². The number of carbonyl (C=O) groups is 3. The Morgan fingerprint density at radius 2 is 1.84 bits per heavy atom. The molecule has 0 radical (unpaired) electrons. The summed E-state index contributed by atoms with van der Waals surface area (Å²) in [6.07, 6.45) is 4.62. The van der Waals surface area contributed by atoms with Crippen LogP contribution in [0.2, 0.25) is 0 Å². The lowest BCUT2D eigenvalue weighted by atomic mass is 9.51. The molecule has 4 rings (SSSR count). The van der Waals surface area contributed by atoms with Crippen LogP contribution in [0, 0.1) is 28.6 Å². The number of hydrogen-bond donors (Lipinski definition) is 1. The molecule has 6 atom stereocenters. The molecule has 1 heterocycles. The summed E-state index contributed by atoms with van der Waals surface area (Å²) < 4.78 is 6.51. The molecule has 1 spiro atoms. The van der Waals surface area contributed by atoms with Gasteiger partial charge in [-0.2, -0.15) is 0 Å². The second-order valence-electron chi connectivity index (χ2n) is 11.7. The third-order valence-electron chi connectivity index (χ3n) is 8.60. The summed E-state index contributed by atoms with van der Waals surface area (Å²) in [7, 11) is 0. The molecule has 0 aromatic carbocycles. The maximum absolute atomic E-state index is 14.2. The van der Waals surface area contributed by atoms with Crippen molar-refractivity contribution >= 4 is 17.3 Å². The van der Waals surface area contributed by atoms with Crippen LogP contribution in [-0.2, 0) is 19.1 Å². The van der Waals surface area contributed by atoms with E-state index in [0.717, 1.165) is 12.0 Å². The van der Waals surface area contributed by atoms with E-state index in [9.17, 15) is 19.5 Å². The van der Waals surface area contributed by atoms with Gasteiger partial charge in [0.1, 0.15) is 16.9 Å². The average Bonchev–Trinajstić information content (AvgIpc) is 3.11. The Labute approximate surface area is 185 Å². The predicted molar refractivity (Wildman–Crippen MR) is 117 cm³/mol. The fourth-order valence-corrected chi connectivity index (χ4v) is 6.84. The third-order valence-corrected chi connectivity index (χ3v) is 8.60. The van der Waals surface area contributed by atoms with Crippen LogP contribution in [-0.4, -0.2) is 33.7 Å². The third kappa shape index (κ3) is 2.88. The van der Waals surface area contributed by atoms with Gasteiger partial charge in [0.15, 0.2) is 17.3 Å². The van der Waals surface area contributed by atoms with Crippen molar-refractivity contribution in [3.05, 3.63) is 23.0 Å². The second kappa shape index (κ2) is 6.63. The summed E-state index contributed by atoms with van der Waals surface area (Å²) in [5, 5.41) is 11.1. The van der Waals surface area contributed by atoms with Crippen molar-refractivity contribution in [1.82, 2.24) is 0 Å². The highest BCUT2D eigenvalue weighted by molar-refractivity contribution is 6.31. The molecule has 1 N–H and O–H groups in total. The van der Waals surface area contributed by atoms with Crippen LogP contribution in [0.15, 0.2) is 23.0 Å². The molecule has 3 fully saturated rings. The number of Topliss-reactive ketones (excluding diaryl/α,β-unsaturated/α-hetero) is 3. The number of ether oxygens (including phenoxy) is 1. The molecule has 4 aliphatic rings. The van der Waals surface area contributed by atoms with Gasteiger partial charge in [0.05, 0.1) is 16.4 Å². The fraction of sp³-hybridized carbons (Fsp3) is 0.731. The number of hydrogen-bond acceptors (Lipinski definition) is 5. The molecule has 1 aliphatic heterocycles. The highest BCUT2D eigenvalue weighted by Crippen LogP contribution is 2.69. The Hall–Kier alpha value is -1.75. The first-order valence-electron chi connectivity index (χ1n) is 11.6. The quantitative estimate of drug-likeness (QED) is 0.410. The number of rotatable bonds is 4. The van der Waals surface area contributed by atoms with Crippen molar-refractivity contribution in [3.8, 4) is 0 Å². The SMILES string of the molecule is CC(C)=CC[C@@]1(C)C(=O)C(C(=O)C(C)C)=C2O[C@]3(C)C[C@]2(C[C@@H]2[C@@H]3CC[C@]2(C)O)C1=O. The van der Waals surface area contributed by atoms with Crippen LogP contribution in [0.4, 0.5) is 0 Å². The van der Waals surface area contributed by atoms with E-state index in [4.69, 9.17) is 4.74 Å². The molecule has 0 aromatic heterocycles. The molecule has 31 heavy (non-hydrogen) atoms. The lowest BCUT2D eigenvalue weighted by Gasteiger charge is -2.47. The van der Waals surface area contributed by atoms with Gasteiger partial charge in [0.25, 0.3) is 0 Å². The topological polar surface area (TPSA) is 80.7 Å². The maximum atomic E-state index is 14.2. The summed E-state index contributed by atoms with van der Waals surface area (Å²) in [6, 6.07) is 0. The standard InChI is InChI=1S/C26H36O5/c1-14(2)8-10-23(5)20(28)18(19(27)15(3)4)21-26(22(23)29)12-17-16(9-11-24(17,6)30)25(7,13-26)31-21/h8,15-17,30H,9-13H2,1-7H3/t16-,17+,23-,24-,25+,26-/m0/s1.